The van der Waals surface area contributed by atoms with Gasteiger partial charge in [0, 0.05) is 18.7 Å². The summed E-state index contributed by atoms with van der Waals surface area (Å²) < 4.78 is 10.5. The summed E-state index contributed by atoms with van der Waals surface area (Å²) in [6.45, 7) is 1.38. The molecule has 0 spiro atoms. The lowest BCUT2D eigenvalue weighted by Gasteiger charge is -1.97. The number of hydrogen-bond donors (Lipinski definition) is 0. The number of pyridine rings is 1. The fraction of sp³-hybridized carbons (Fsp3) is 0.333. The highest BCUT2D eigenvalue weighted by atomic mass is 16.5. The molecule has 1 saturated heterocycles. The number of hydrogen-bond acceptors (Lipinski definition) is 6. The number of nitriles is 1. The maximum Gasteiger partial charge on any atom is 0.276 e. The number of aromatic nitrogens is 3. The molecule has 3 heterocycles. The molecule has 1 aliphatic rings. The second-order valence-electron chi connectivity index (χ2n) is 4.06. The topological polar surface area (TPSA) is 84.8 Å². The van der Waals surface area contributed by atoms with Crippen LogP contribution in [0.5, 0.6) is 0 Å². The van der Waals surface area contributed by atoms with E-state index in [0.29, 0.717) is 29.6 Å². The molecule has 18 heavy (non-hydrogen) atoms. The SMILES string of the molecule is N#Cc1ccc(-c2nc(C3CCOC3)no2)nc1. The van der Waals surface area contributed by atoms with E-state index in [9.17, 15) is 0 Å². The summed E-state index contributed by atoms with van der Waals surface area (Å²) in [6.07, 6.45) is 2.40. The van der Waals surface area contributed by atoms with Gasteiger partial charge in [-0.15, -0.1) is 0 Å². The van der Waals surface area contributed by atoms with Crippen molar-refractivity contribution in [3.63, 3.8) is 0 Å². The van der Waals surface area contributed by atoms with Gasteiger partial charge in [-0.1, -0.05) is 5.16 Å². The van der Waals surface area contributed by atoms with Crippen LogP contribution in [0.1, 0.15) is 23.7 Å². The average molecular weight is 242 g/mol. The van der Waals surface area contributed by atoms with Crippen LogP contribution in [-0.2, 0) is 4.74 Å². The normalized spacial score (nSPS) is 18.7. The lowest BCUT2D eigenvalue weighted by Crippen LogP contribution is -1.99. The van der Waals surface area contributed by atoms with Crippen LogP contribution in [-0.4, -0.2) is 28.3 Å². The second-order valence-corrected chi connectivity index (χ2v) is 4.06. The highest BCUT2D eigenvalue weighted by Gasteiger charge is 2.23. The Hall–Kier alpha value is -2.26. The second kappa shape index (κ2) is 4.55. The van der Waals surface area contributed by atoms with Crippen molar-refractivity contribution in [2.45, 2.75) is 12.3 Å². The minimum atomic E-state index is 0.209. The van der Waals surface area contributed by atoms with Crippen molar-refractivity contribution < 1.29 is 9.26 Å². The first-order valence-corrected chi connectivity index (χ1v) is 5.64. The van der Waals surface area contributed by atoms with Crippen molar-refractivity contribution in [1.29, 1.82) is 5.26 Å². The fourth-order valence-corrected chi connectivity index (χ4v) is 1.83. The van der Waals surface area contributed by atoms with Gasteiger partial charge in [-0.25, -0.2) is 4.98 Å². The minimum absolute atomic E-state index is 0.209. The molecule has 1 atom stereocenters. The monoisotopic (exact) mass is 242 g/mol. The summed E-state index contributed by atoms with van der Waals surface area (Å²) in [5.41, 5.74) is 1.08. The van der Waals surface area contributed by atoms with Gasteiger partial charge in [0.15, 0.2) is 5.82 Å². The molecule has 90 valence electrons. The predicted octanol–water partition coefficient (Wildman–Crippen LogP) is 1.51. The third-order valence-electron chi connectivity index (χ3n) is 2.85. The lowest BCUT2D eigenvalue weighted by molar-refractivity contribution is 0.192. The molecule has 0 bridgehead atoms. The third kappa shape index (κ3) is 1.96. The third-order valence-corrected chi connectivity index (χ3v) is 2.85. The summed E-state index contributed by atoms with van der Waals surface area (Å²) in [7, 11) is 0. The first-order chi connectivity index (χ1) is 8.86. The minimum Gasteiger partial charge on any atom is -0.381 e. The highest BCUT2D eigenvalue weighted by molar-refractivity contribution is 5.47. The molecule has 0 saturated carbocycles. The van der Waals surface area contributed by atoms with Gasteiger partial charge in [-0.2, -0.15) is 10.2 Å². The Kier molecular flexibility index (Phi) is 2.74. The zero-order valence-corrected chi connectivity index (χ0v) is 9.54. The molecule has 3 rings (SSSR count). The van der Waals surface area contributed by atoms with Crippen molar-refractivity contribution in [3.8, 4) is 17.7 Å². The Balaban J connectivity index is 1.85. The molecular formula is C12H10N4O2. The number of rotatable bonds is 2. The molecular weight excluding hydrogens is 232 g/mol. The van der Waals surface area contributed by atoms with Crippen molar-refractivity contribution in [2.75, 3.05) is 13.2 Å². The molecule has 2 aromatic rings. The van der Waals surface area contributed by atoms with Crippen molar-refractivity contribution in [2.24, 2.45) is 0 Å². The molecule has 0 amide bonds. The zero-order valence-electron chi connectivity index (χ0n) is 9.54. The van der Waals surface area contributed by atoms with Gasteiger partial charge < -0.3 is 9.26 Å². The average Bonchev–Trinajstić information content (AvgIpc) is 3.09. The van der Waals surface area contributed by atoms with Gasteiger partial charge in [0.1, 0.15) is 11.8 Å². The van der Waals surface area contributed by atoms with Crippen LogP contribution >= 0.6 is 0 Å². The van der Waals surface area contributed by atoms with E-state index in [1.165, 1.54) is 6.20 Å². The van der Waals surface area contributed by atoms with Crippen LogP contribution in [0.3, 0.4) is 0 Å². The molecule has 6 nitrogen and oxygen atoms in total. The van der Waals surface area contributed by atoms with Crippen LogP contribution in [0.4, 0.5) is 0 Å². The summed E-state index contributed by atoms with van der Waals surface area (Å²) in [4.78, 5) is 8.42. The molecule has 1 aliphatic heterocycles. The fourth-order valence-electron chi connectivity index (χ4n) is 1.83. The Morgan fingerprint density at radius 1 is 1.39 bits per heavy atom. The van der Waals surface area contributed by atoms with Crippen LogP contribution in [0, 0.1) is 11.3 Å². The van der Waals surface area contributed by atoms with Crippen LogP contribution in [0.2, 0.25) is 0 Å². The van der Waals surface area contributed by atoms with E-state index in [1.54, 1.807) is 12.1 Å². The Morgan fingerprint density at radius 3 is 3.00 bits per heavy atom. The van der Waals surface area contributed by atoms with Gasteiger partial charge in [0.05, 0.1) is 12.2 Å². The number of nitrogens with zero attached hydrogens (tertiary/aromatic N) is 4. The van der Waals surface area contributed by atoms with Gasteiger partial charge in [0.2, 0.25) is 0 Å². The summed E-state index contributed by atoms with van der Waals surface area (Å²) >= 11 is 0. The van der Waals surface area contributed by atoms with Gasteiger partial charge >= 0.3 is 0 Å². The van der Waals surface area contributed by atoms with Gasteiger partial charge in [-0.3, -0.25) is 0 Å². The van der Waals surface area contributed by atoms with Crippen molar-refractivity contribution in [1.82, 2.24) is 15.1 Å². The summed E-state index contributed by atoms with van der Waals surface area (Å²) in [6, 6.07) is 5.38. The van der Waals surface area contributed by atoms with E-state index in [2.05, 4.69) is 15.1 Å². The van der Waals surface area contributed by atoms with Crippen LogP contribution < -0.4 is 0 Å². The van der Waals surface area contributed by atoms with E-state index in [4.69, 9.17) is 14.5 Å². The quantitative estimate of drug-likeness (QED) is 0.793. The standard InChI is InChI=1S/C12H10N4O2/c13-5-8-1-2-10(14-6-8)12-15-11(16-18-12)9-3-4-17-7-9/h1-2,6,9H,3-4,7H2. The molecule has 0 aliphatic carbocycles. The van der Waals surface area contributed by atoms with E-state index in [0.717, 1.165) is 13.0 Å². The molecule has 1 fully saturated rings. The molecule has 0 N–H and O–H groups in total. The largest absolute Gasteiger partial charge is 0.381 e. The maximum absolute atomic E-state index is 8.69. The Bertz CT molecular complexity index is 579. The first kappa shape index (κ1) is 10.9. The Morgan fingerprint density at radius 2 is 2.33 bits per heavy atom. The van der Waals surface area contributed by atoms with Gasteiger partial charge in [-0.05, 0) is 18.6 Å². The summed E-state index contributed by atoms with van der Waals surface area (Å²) in [5, 5.41) is 12.6. The molecule has 1 unspecified atom stereocenters. The predicted molar refractivity (Wildman–Crippen MR) is 60.4 cm³/mol. The molecule has 0 aromatic carbocycles. The summed E-state index contributed by atoms with van der Waals surface area (Å²) in [5.74, 6) is 1.25. The molecule has 0 radical (unpaired) electrons. The highest BCUT2D eigenvalue weighted by Crippen LogP contribution is 2.24. The maximum atomic E-state index is 8.69. The van der Waals surface area contributed by atoms with E-state index in [-0.39, 0.29) is 5.92 Å². The van der Waals surface area contributed by atoms with Crippen LogP contribution in [0.15, 0.2) is 22.9 Å². The first-order valence-electron chi connectivity index (χ1n) is 5.64. The van der Waals surface area contributed by atoms with E-state index < -0.39 is 0 Å². The van der Waals surface area contributed by atoms with Crippen molar-refractivity contribution >= 4 is 0 Å². The van der Waals surface area contributed by atoms with E-state index in [1.807, 2.05) is 6.07 Å². The zero-order chi connectivity index (χ0) is 12.4. The van der Waals surface area contributed by atoms with Crippen LogP contribution in [0.25, 0.3) is 11.6 Å². The Labute approximate surface area is 103 Å². The molecule has 2 aromatic heterocycles. The number of ether oxygens (including phenoxy) is 1. The van der Waals surface area contributed by atoms with E-state index >= 15 is 0 Å². The smallest absolute Gasteiger partial charge is 0.276 e. The lowest BCUT2D eigenvalue weighted by atomic mass is 10.1. The van der Waals surface area contributed by atoms with Gasteiger partial charge in [0.25, 0.3) is 5.89 Å². The van der Waals surface area contributed by atoms with Crippen molar-refractivity contribution in [3.05, 3.63) is 29.7 Å². The molecule has 6 heteroatoms.